The van der Waals surface area contributed by atoms with Crippen LogP contribution in [0.15, 0.2) is 83.3 Å². The zero-order valence-electron chi connectivity index (χ0n) is 23.7. The van der Waals surface area contributed by atoms with Crippen LogP contribution < -0.4 is 4.74 Å². The molecule has 0 aliphatic heterocycles. The van der Waals surface area contributed by atoms with Gasteiger partial charge in [0.25, 0.3) is 0 Å². The Bertz CT molecular complexity index is 1580. The van der Waals surface area contributed by atoms with E-state index in [0.29, 0.717) is 24.3 Å². The molecule has 4 rings (SSSR count). The molecule has 2 atom stereocenters. The molecule has 218 valence electrons. The molecular formula is C33H33BrN2O4S2. The number of hydrogen-bond acceptors (Lipinski definition) is 6. The minimum atomic E-state index is -0.821. The third kappa shape index (κ3) is 9.64. The van der Waals surface area contributed by atoms with Crippen LogP contribution in [0.25, 0.3) is 23.1 Å². The lowest BCUT2D eigenvalue weighted by molar-refractivity contribution is -0.137. The number of amides is 1. The SMILES string of the molecule is CC(SSC(CCC(=O)O)Cc1cccc(Oc2cccc(/C=C/c3ccc4ccc(Br)cc4n3)c2)c1)C(=O)N(C)C. The van der Waals surface area contributed by atoms with Gasteiger partial charge in [0.05, 0.1) is 16.5 Å². The van der Waals surface area contributed by atoms with Gasteiger partial charge < -0.3 is 14.7 Å². The molecule has 3 aromatic carbocycles. The molecule has 42 heavy (non-hydrogen) atoms. The summed E-state index contributed by atoms with van der Waals surface area (Å²) in [6, 6.07) is 25.9. The first kappa shape index (κ1) is 31.7. The first-order valence-electron chi connectivity index (χ1n) is 13.5. The standard InChI is InChI=1S/C33H33BrN2O4S2/c1-22(33(39)36(2)3)41-42-30(16-17-32(37)38)20-24-7-5-9-29(19-24)40-28-8-4-6-23(18-28)10-14-27-15-12-25-11-13-26(34)21-31(25)35-27/h4-15,18-19,21-22,30H,16-17,20H2,1-3H3,(H,37,38)/b14-10+. The topological polar surface area (TPSA) is 79.7 Å². The number of rotatable bonds is 13. The van der Waals surface area contributed by atoms with Crippen LogP contribution in [0.3, 0.4) is 0 Å². The summed E-state index contributed by atoms with van der Waals surface area (Å²) < 4.78 is 7.20. The van der Waals surface area contributed by atoms with E-state index in [-0.39, 0.29) is 22.8 Å². The fourth-order valence-electron chi connectivity index (χ4n) is 4.23. The lowest BCUT2D eigenvalue weighted by atomic mass is 10.1. The third-order valence-corrected chi connectivity index (χ3v) is 10.2. The molecule has 6 nitrogen and oxygen atoms in total. The maximum absolute atomic E-state index is 12.3. The summed E-state index contributed by atoms with van der Waals surface area (Å²) in [5.74, 6) is 0.645. The maximum Gasteiger partial charge on any atom is 0.303 e. The first-order valence-corrected chi connectivity index (χ1v) is 16.6. The number of fused-ring (bicyclic) bond motifs is 1. The molecule has 0 bridgehead atoms. The second-order valence-electron chi connectivity index (χ2n) is 10.1. The fourth-order valence-corrected chi connectivity index (χ4v) is 7.38. The van der Waals surface area contributed by atoms with E-state index in [0.717, 1.165) is 32.2 Å². The van der Waals surface area contributed by atoms with Crippen LogP contribution in [0.5, 0.6) is 11.5 Å². The summed E-state index contributed by atoms with van der Waals surface area (Å²) in [7, 11) is 6.55. The average Bonchev–Trinajstić information content (AvgIpc) is 2.97. The summed E-state index contributed by atoms with van der Waals surface area (Å²) in [6.07, 6.45) is 5.26. The number of aliphatic carboxylic acids is 1. The molecule has 0 saturated carbocycles. The van der Waals surface area contributed by atoms with Crippen LogP contribution in [0.2, 0.25) is 0 Å². The van der Waals surface area contributed by atoms with Gasteiger partial charge in [-0.2, -0.15) is 0 Å². The highest BCUT2D eigenvalue weighted by atomic mass is 79.9. The number of nitrogens with zero attached hydrogens (tertiary/aromatic N) is 2. The number of ether oxygens (including phenoxy) is 1. The molecule has 2 unspecified atom stereocenters. The Labute approximate surface area is 263 Å². The summed E-state index contributed by atoms with van der Waals surface area (Å²) in [4.78, 5) is 29.8. The van der Waals surface area contributed by atoms with Gasteiger partial charge in [0, 0.05) is 35.6 Å². The van der Waals surface area contributed by atoms with Crippen molar-refractivity contribution < 1.29 is 19.4 Å². The van der Waals surface area contributed by atoms with Crippen LogP contribution in [0.1, 0.15) is 36.6 Å². The summed E-state index contributed by atoms with van der Waals surface area (Å²) in [5, 5.41) is 10.2. The van der Waals surface area contributed by atoms with E-state index in [1.807, 2.05) is 91.9 Å². The van der Waals surface area contributed by atoms with Crippen molar-refractivity contribution in [2.45, 2.75) is 36.7 Å². The van der Waals surface area contributed by atoms with Gasteiger partial charge in [-0.15, -0.1) is 0 Å². The predicted molar refractivity (Wildman–Crippen MR) is 179 cm³/mol. The van der Waals surface area contributed by atoms with Crippen molar-refractivity contribution in [1.29, 1.82) is 0 Å². The molecule has 0 aliphatic rings. The van der Waals surface area contributed by atoms with E-state index in [1.165, 1.54) is 10.8 Å². The quantitative estimate of drug-likeness (QED) is 0.143. The Morgan fingerprint density at radius 3 is 2.48 bits per heavy atom. The summed E-state index contributed by atoms with van der Waals surface area (Å²) in [5.41, 5.74) is 3.84. The smallest absolute Gasteiger partial charge is 0.303 e. The molecule has 1 amide bonds. The Morgan fingerprint density at radius 2 is 1.71 bits per heavy atom. The van der Waals surface area contributed by atoms with Crippen LogP contribution in [0.4, 0.5) is 0 Å². The molecule has 1 N–H and O–H groups in total. The van der Waals surface area contributed by atoms with Gasteiger partial charge >= 0.3 is 5.97 Å². The normalized spacial score (nSPS) is 12.8. The van der Waals surface area contributed by atoms with E-state index in [4.69, 9.17) is 9.72 Å². The van der Waals surface area contributed by atoms with Gasteiger partial charge in [0.15, 0.2) is 0 Å². The van der Waals surface area contributed by atoms with Crippen LogP contribution in [0, 0.1) is 0 Å². The van der Waals surface area contributed by atoms with Crippen molar-refractivity contribution in [3.63, 3.8) is 0 Å². The van der Waals surface area contributed by atoms with Crippen LogP contribution in [-0.4, -0.2) is 51.5 Å². The molecule has 1 heterocycles. The highest BCUT2D eigenvalue weighted by Crippen LogP contribution is 2.36. The molecule has 0 radical (unpaired) electrons. The van der Waals surface area contributed by atoms with E-state index in [2.05, 4.69) is 22.0 Å². The Morgan fingerprint density at radius 1 is 0.976 bits per heavy atom. The predicted octanol–water partition coefficient (Wildman–Crippen LogP) is 8.59. The average molecular weight is 666 g/mol. The second-order valence-corrected chi connectivity index (χ2v) is 13.9. The van der Waals surface area contributed by atoms with E-state index in [1.54, 1.807) is 29.8 Å². The molecular weight excluding hydrogens is 632 g/mol. The Kier molecular flexibility index (Phi) is 11.5. The highest BCUT2D eigenvalue weighted by Gasteiger charge is 2.20. The minimum Gasteiger partial charge on any atom is -0.481 e. The van der Waals surface area contributed by atoms with Crippen LogP contribution in [-0.2, 0) is 16.0 Å². The molecule has 4 aromatic rings. The number of carbonyl (C=O) groups is 2. The van der Waals surface area contributed by atoms with E-state index >= 15 is 0 Å². The van der Waals surface area contributed by atoms with Gasteiger partial charge in [0.1, 0.15) is 11.5 Å². The Balaban J connectivity index is 1.42. The lowest BCUT2D eigenvalue weighted by Crippen LogP contribution is -2.29. The van der Waals surface area contributed by atoms with Crippen molar-refractivity contribution in [2.75, 3.05) is 14.1 Å². The summed E-state index contributed by atoms with van der Waals surface area (Å²) >= 11 is 3.51. The number of pyridine rings is 1. The van der Waals surface area contributed by atoms with Crippen molar-refractivity contribution in [3.8, 4) is 11.5 Å². The van der Waals surface area contributed by atoms with Gasteiger partial charge in [-0.25, -0.2) is 4.98 Å². The number of carbonyl (C=O) groups excluding carboxylic acids is 1. The largest absolute Gasteiger partial charge is 0.481 e. The van der Waals surface area contributed by atoms with Gasteiger partial charge in [0.2, 0.25) is 5.91 Å². The molecule has 0 saturated heterocycles. The van der Waals surface area contributed by atoms with Crippen molar-refractivity contribution in [2.24, 2.45) is 0 Å². The Hall–Kier alpha value is -3.27. The van der Waals surface area contributed by atoms with Gasteiger partial charge in [-0.1, -0.05) is 80.0 Å². The number of benzene rings is 3. The third-order valence-electron chi connectivity index (χ3n) is 6.38. The molecule has 0 aliphatic carbocycles. The van der Waals surface area contributed by atoms with Crippen molar-refractivity contribution >= 4 is 72.4 Å². The van der Waals surface area contributed by atoms with E-state index < -0.39 is 5.97 Å². The minimum absolute atomic E-state index is 0.0389. The number of carboxylic acid groups (broad SMARTS) is 1. The lowest BCUT2D eigenvalue weighted by Gasteiger charge is -2.20. The zero-order valence-corrected chi connectivity index (χ0v) is 26.9. The fraction of sp³-hybridized carbons (Fsp3) is 0.242. The summed E-state index contributed by atoms with van der Waals surface area (Å²) in [6.45, 7) is 1.88. The maximum atomic E-state index is 12.3. The molecule has 1 aromatic heterocycles. The van der Waals surface area contributed by atoms with Gasteiger partial charge in [-0.3, -0.25) is 9.59 Å². The van der Waals surface area contributed by atoms with E-state index in [9.17, 15) is 14.7 Å². The molecule has 0 fully saturated rings. The number of carboxylic acids is 1. The highest BCUT2D eigenvalue weighted by molar-refractivity contribution is 9.10. The number of hydrogen-bond donors (Lipinski definition) is 1. The number of halogens is 1. The van der Waals surface area contributed by atoms with Crippen LogP contribution >= 0.6 is 37.5 Å². The van der Waals surface area contributed by atoms with Crippen molar-refractivity contribution in [3.05, 3.63) is 100 Å². The monoisotopic (exact) mass is 664 g/mol. The molecule has 9 heteroatoms. The first-order chi connectivity index (χ1) is 20.2. The zero-order chi connectivity index (χ0) is 30.1. The molecule has 0 spiro atoms. The second kappa shape index (κ2) is 15.3. The number of aromatic nitrogens is 1. The van der Waals surface area contributed by atoms with Gasteiger partial charge in [-0.05, 0) is 79.4 Å². The van der Waals surface area contributed by atoms with Crippen molar-refractivity contribution in [1.82, 2.24) is 9.88 Å².